The summed E-state index contributed by atoms with van der Waals surface area (Å²) in [5, 5.41) is 10.8. The molecule has 2 heterocycles. The molecule has 0 unspecified atom stereocenters. The average molecular weight is 299 g/mol. The Kier molecular flexibility index (Phi) is 4.33. The lowest BCUT2D eigenvalue weighted by Gasteiger charge is -2.01. The molecule has 0 aliphatic carbocycles. The SMILES string of the molecule is CCc1sc(SNc2cccc(F)n2)cc1[N+](=O)[O-]. The first kappa shape index (κ1) is 13.8. The van der Waals surface area contributed by atoms with Gasteiger partial charge in [-0.2, -0.15) is 4.39 Å². The van der Waals surface area contributed by atoms with E-state index in [9.17, 15) is 14.5 Å². The normalized spacial score (nSPS) is 10.4. The second kappa shape index (κ2) is 5.98. The van der Waals surface area contributed by atoms with Gasteiger partial charge in [-0.25, -0.2) is 4.98 Å². The molecule has 2 aromatic heterocycles. The number of pyridine rings is 1. The fourth-order valence-electron chi connectivity index (χ4n) is 1.42. The third-order valence-electron chi connectivity index (χ3n) is 2.25. The fourth-order valence-corrected chi connectivity index (χ4v) is 3.30. The summed E-state index contributed by atoms with van der Waals surface area (Å²) >= 11 is 2.53. The van der Waals surface area contributed by atoms with Crippen molar-refractivity contribution in [2.24, 2.45) is 0 Å². The average Bonchev–Trinajstić information content (AvgIpc) is 2.80. The fraction of sp³-hybridized carbons (Fsp3) is 0.182. The maximum Gasteiger partial charge on any atom is 0.284 e. The van der Waals surface area contributed by atoms with Gasteiger partial charge in [0.15, 0.2) is 0 Å². The Morgan fingerprint density at radius 3 is 2.95 bits per heavy atom. The van der Waals surface area contributed by atoms with Crippen molar-refractivity contribution in [2.45, 2.75) is 17.6 Å². The smallest absolute Gasteiger partial charge is 0.284 e. The maximum absolute atomic E-state index is 12.9. The van der Waals surface area contributed by atoms with Crippen LogP contribution in [0.25, 0.3) is 0 Å². The molecule has 0 atom stereocenters. The summed E-state index contributed by atoms with van der Waals surface area (Å²) in [5.41, 5.74) is 0.129. The van der Waals surface area contributed by atoms with Gasteiger partial charge in [-0.05, 0) is 30.5 Å². The van der Waals surface area contributed by atoms with Crippen LogP contribution in [-0.4, -0.2) is 9.91 Å². The van der Waals surface area contributed by atoms with Crippen LogP contribution < -0.4 is 4.72 Å². The number of rotatable bonds is 5. The molecule has 0 aromatic carbocycles. The third kappa shape index (κ3) is 3.42. The maximum atomic E-state index is 12.9. The number of aryl methyl sites for hydroxylation is 1. The molecule has 2 aromatic rings. The Hall–Kier alpha value is -1.67. The number of halogens is 1. The van der Waals surface area contributed by atoms with Crippen molar-refractivity contribution in [1.82, 2.24) is 4.98 Å². The van der Waals surface area contributed by atoms with Crippen LogP contribution in [0.15, 0.2) is 28.5 Å². The van der Waals surface area contributed by atoms with E-state index in [0.717, 1.165) is 9.09 Å². The van der Waals surface area contributed by atoms with Gasteiger partial charge >= 0.3 is 0 Å². The van der Waals surface area contributed by atoms with E-state index in [-0.39, 0.29) is 10.6 Å². The number of nitrogens with zero attached hydrogens (tertiary/aromatic N) is 2. The molecule has 0 spiro atoms. The minimum Gasteiger partial charge on any atom is -0.309 e. The van der Waals surface area contributed by atoms with Gasteiger partial charge in [0, 0.05) is 6.07 Å². The van der Waals surface area contributed by atoms with Gasteiger partial charge < -0.3 is 4.72 Å². The van der Waals surface area contributed by atoms with Crippen LogP contribution in [0.3, 0.4) is 0 Å². The van der Waals surface area contributed by atoms with E-state index in [1.54, 1.807) is 12.1 Å². The van der Waals surface area contributed by atoms with E-state index >= 15 is 0 Å². The Morgan fingerprint density at radius 2 is 2.37 bits per heavy atom. The van der Waals surface area contributed by atoms with Gasteiger partial charge in [0.25, 0.3) is 5.69 Å². The number of nitrogens with one attached hydrogen (secondary N) is 1. The number of anilines is 1. The van der Waals surface area contributed by atoms with E-state index in [0.29, 0.717) is 12.2 Å². The van der Waals surface area contributed by atoms with E-state index < -0.39 is 5.95 Å². The second-order valence-corrected chi connectivity index (χ2v) is 5.78. The molecule has 0 saturated heterocycles. The molecule has 100 valence electrons. The summed E-state index contributed by atoms with van der Waals surface area (Å²) in [5.74, 6) is -0.198. The van der Waals surface area contributed by atoms with Crippen LogP contribution in [0, 0.1) is 16.1 Å². The summed E-state index contributed by atoms with van der Waals surface area (Å²) < 4.78 is 16.5. The Morgan fingerprint density at radius 1 is 1.58 bits per heavy atom. The molecule has 0 radical (unpaired) electrons. The standard InChI is InChI=1S/C11H10FN3O2S2/c1-2-8-7(15(16)17)6-11(18-8)19-14-10-5-3-4-9(12)13-10/h3-6H,2H2,1H3,(H,13,14). The van der Waals surface area contributed by atoms with E-state index in [4.69, 9.17) is 0 Å². The van der Waals surface area contributed by atoms with Crippen molar-refractivity contribution in [1.29, 1.82) is 0 Å². The van der Waals surface area contributed by atoms with Gasteiger partial charge in [-0.1, -0.05) is 13.0 Å². The first-order valence-electron chi connectivity index (χ1n) is 5.42. The summed E-state index contributed by atoms with van der Waals surface area (Å²) in [7, 11) is 0. The number of hydrogen-bond donors (Lipinski definition) is 1. The molecule has 0 saturated carbocycles. The monoisotopic (exact) mass is 299 g/mol. The van der Waals surface area contributed by atoms with Crippen LogP contribution in [0.5, 0.6) is 0 Å². The Labute approximate surface area is 117 Å². The number of thiophene rings is 1. The zero-order valence-corrected chi connectivity index (χ0v) is 11.6. The van der Waals surface area contributed by atoms with Crippen LogP contribution in [0.4, 0.5) is 15.9 Å². The minimum atomic E-state index is -0.572. The highest BCUT2D eigenvalue weighted by molar-refractivity contribution is 8.02. The van der Waals surface area contributed by atoms with Crippen molar-refractivity contribution in [3.63, 3.8) is 0 Å². The molecule has 8 heteroatoms. The van der Waals surface area contributed by atoms with Gasteiger partial charge in [0.2, 0.25) is 5.95 Å². The quantitative estimate of drug-likeness (QED) is 0.393. The highest BCUT2D eigenvalue weighted by atomic mass is 32.2. The Balaban J connectivity index is 2.09. The molecule has 0 amide bonds. The molecule has 0 bridgehead atoms. The van der Waals surface area contributed by atoms with Crippen molar-refractivity contribution >= 4 is 34.8 Å². The number of hydrogen-bond acceptors (Lipinski definition) is 6. The molecular weight excluding hydrogens is 289 g/mol. The van der Waals surface area contributed by atoms with Crippen molar-refractivity contribution in [3.8, 4) is 0 Å². The predicted molar refractivity (Wildman–Crippen MR) is 74.0 cm³/mol. The van der Waals surface area contributed by atoms with Gasteiger partial charge in [0.05, 0.1) is 14.0 Å². The first-order valence-corrected chi connectivity index (χ1v) is 7.06. The highest BCUT2D eigenvalue weighted by Gasteiger charge is 2.17. The van der Waals surface area contributed by atoms with Crippen LogP contribution in [-0.2, 0) is 6.42 Å². The third-order valence-corrected chi connectivity index (χ3v) is 4.45. The van der Waals surface area contributed by atoms with Crippen molar-refractivity contribution in [2.75, 3.05) is 4.72 Å². The van der Waals surface area contributed by atoms with E-state index in [1.807, 2.05) is 6.92 Å². The second-order valence-electron chi connectivity index (χ2n) is 3.53. The molecule has 0 aliphatic heterocycles. The zero-order chi connectivity index (χ0) is 13.8. The van der Waals surface area contributed by atoms with Crippen molar-refractivity contribution in [3.05, 3.63) is 45.2 Å². The zero-order valence-electron chi connectivity index (χ0n) is 9.92. The largest absolute Gasteiger partial charge is 0.309 e. The first-order chi connectivity index (χ1) is 9.10. The summed E-state index contributed by atoms with van der Waals surface area (Å²) in [6.45, 7) is 1.87. The van der Waals surface area contributed by atoms with Gasteiger partial charge in [0.1, 0.15) is 5.82 Å². The number of nitro groups is 1. The molecular formula is C11H10FN3O2S2. The molecule has 0 fully saturated rings. The van der Waals surface area contributed by atoms with Gasteiger partial charge in [-0.3, -0.25) is 10.1 Å². The lowest BCUT2D eigenvalue weighted by molar-refractivity contribution is -0.385. The van der Waals surface area contributed by atoms with E-state index in [2.05, 4.69) is 9.71 Å². The van der Waals surface area contributed by atoms with Gasteiger partial charge in [-0.15, -0.1) is 11.3 Å². The lowest BCUT2D eigenvalue weighted by atomic mass is 10.3. The minimum absolute atomic E-state index is 0.129. The molecule has 2 rings (SSSR count). The predicted octanol–water partition coefficient (Wildman–Crippen LogP) is 3.87. The topological polar surface area (TPSA) is 68.1 Å². The number of aromatic nitrogens is 1. The molecule has 1 N–H and O–H groups in total. The summed E-state index contributed by atoms with van der Waals surface area (Å²) in [6, 6.07) is 5.93. The highest BCUT2D eigenvalue weighted by Crippen LogP contribution is 2.35. The molecule has 19 heavy (non-hydrogen) atoms. The molecule has 5 nitrogen and oxygen atoms in total. The van der Waals surface area contributed by atoms with Crippen LogP contribution in [0.2, 0.25) is 0 Å². The Bertz CT molecular complexity index is 603. The van der Waals surface area contributed by atoms with Crippen LogP contribution >= 0.6 is 23.3 Å². The molecule has 0 aliphatic rings. The van der Waals surface area contributed by atoms with Crippen LogP contribution in [0.1, 0.15) is 11.8 Å². The summed E-state index contributed by atoms with van der Waals surface area (Å²) in [6.07, 6.45) is 0.611. The van der Waals surface area contributed by atoms with E-state index in [1.165, 1.54) is 35.4 Å². The van der Waals surface area contributed by atoms with Crippen molar-refractivity contribution < 1.29 is 9.31 Å². The lowest BCUT2D eigenvalue weighted by Crippen LogP contribution is -1.91. The summed E-state index contributed by atoms with van der Waals surface area (Å²) in [4.78, 5) is 14.8.